The van der Waals surface area contributed by atoms with Crippen molar-refractivity contribution in [3.63, 3.8) is 0 Å². The van der Waals surface area contributed by atoms with Crippen LogP contribution in [0.5, 0.6) is 5.75 Å². The Morgan fingerprint density at radius 3 is 2.63 bits per heavy atom. The first-order valence-corrected chi connectivity index (χ1v) is 9.18. The van der Waals surface area contributed by atoms with Crippen LogP contribution in [0.3, 0.4) is 0 Å². The Balaban J connectivity index is 1.50. The molecule has 0 aliphatic rings. The van der Waals surface area contributed by atoms with E-state index in [1.165, 1.54) is 11.8 Å². The maximum atomic E-state index is 11.8. The van der Waals surface area contributed by atoms with Crippen LogP contribution in [0.25, 0.3) is 11.3 Å². The van der Waals surface area contributed by atoms with Crippen molar-refractivity contribution < 1.29 is 13.9 Å². The highest BCUT2D eigenvalue weighted by Gasteiger charge is 2.05. The molecule has 1 aromatic heterocycles. The molecular formula is C21H19BrN2O3. The monoisotopic (exact) mass is 426 g/mol. The number of furan rings is 1. The molecular weight excluding hydrogens is 408 g/mol. The van der Waals surface area contributed by atoms with Gasteiger partial charge in [-0.2, -0.15) is 5.10 Å². The quantitative estimate of drug-likeness (QED) is 0.452. The Kier molecular flexibility index (Phi) is 6.08. The maximum Gasteiger partial charge on any atom is 0.277 e. The van der Waals surface area contributed by atoms with Crippen molar-refractivity contribution in [2.45, 2.75) is 13.8 Å². The summed E-state index contributed by atoms with van der Waals surface area (Å²) in [6, 6.07) is 17.1. The Morgan fingerprint density at radius 1 is 1.11 bits per heavy atom. The van der Waals surface area contributed by atoms with Gasteiger partial charge in [0.1, 0.15) is 17.3 Å². The van der Waals surface area contributed by atoms with Gasteiger partial charge in [-0.25, -0.2) is 5.43 Å². The molecule has 0 aliphatic heterocycles. The van der Waals surface area contributed by atoms with E-state index in [1.807, 2.05) is 62.4 Å². The van der Waals surface area contributed by atoms with Crippen molar-refractivity contribution in [3.8, 4) is 17.1 Å². The predicted octanol–water partition coefficient (Wildman–Crippen LogP) is 4.86. The lowest BCUT2D eigenvalue weighted by Crippen LogP contribution is -2.24. The molecule has 6 heteroatoms. The predicted molar refractivity (Wildman–Crippen MR) is 109 cm³/mol. The molecule has 0 saturated heterocycles. The molecule has 0 bridgehead atoms. The van der Waals surface area contributed by atoms with Crippen LogP contribution >= 0.6 is 15.9 Å². The first-order chi connectivity index (χ1) is 13.0. The lowest BCUT2D eigenvalue weighted by Gasteiger charge is -2.07. The summed E-state index contributed by atoms with van der Waals surface area (Å²) in [5, 5.41) is 3.90. The molecule has 0 aliphatic carbocycles. The minimum Gasteiger partial charge on any atom is -0.484 e. The SMILES string of the molecule is Cc1ccc(OCC(=O)NN=Cc2ccc(-c3ccc(Br)cc3)o2)cc1C. The number of hydrogen-bond donors (Lipinski definition) is 1. The van der Waals surface area contributed by atoms with E-state index in [9.17, 15) is 4.79 Å². The summed E-state index contributed by atoms with van der Waals surface area (Å²) >= 11 is 3.40. The van der Waals surface area contributed by atoms with Gasteiger partial charge in [0.15, 0.2) is 6.61 Å². The molecule has 3 aromatic rings. The number of benzene rings is 2. The number of hydrogen-bond acceptors (Lipinski definition) is 4. The largest absolute Gasteiger partial charge is 0.484 e. The summed E-state index contributed by atoms with van der Waals surface area (Å²) in [5.41, 5.74) is 5.68. The fraction of sp³-hybridized carbons (Fsp3) is 0.143. The highest BCUT2D eigenvalue weighted by Crippen LogP contribution is 2.23. The average molecular weight is 427 g/mol. The van der Waals surface area contributed by atoms with E-state index < -0.39 is 0 Å². The van der Waals surface area contributed by atoms with Gasteiger partial charge in [0, 0.05) is 10.0 Å². The van der Waals surface area contributed by atoms with Crippen molar-refractivity contribution in [2.24, 2.45) is 5.10 Å². The summed E-state index contributed by atoms with van der Waals surface area (Å²) in [6.07, 6.45) is 1.45. The summed E-state index contributed by atoms with van der Waals surface area (Å²) in [6.45, 7) is 3.91. The van der Waals surface area contributed by atoms with Gasteiger partial charge in [-0.15, -0.1) is 0 Å². The molecule has 5 nitrogen and oxygen atoms in total. The molecule has 0 radical (unpaired) electrons. The Hall–Kier alpha value is -2.86. The summed E-state index contributed by atoms with van der Waals surface area (Å²) in [5.74, 6) is 1.59. The topological polar surface area (TPSA) is 63.8 Å². The molecule has 0 saturated carbocycles. The number of nitrogens with zero attached hydrogens (tertiary/aromatic N) is 1. The Morgan fingerprint density at radius 2 is 1.89 bits per heavy atom. The van der Waals surface area contributed by atoms with Gasteiger partial charge in [0.2, 0.25) is 0 Å². The van der Waals surface area contributed by atoms with Crippen molar-refractivity contribution >= 4 is 28.1 Å². The lowest BCUT2D eigenvalue weighted by atomic mass is 10.1. The van der Waals surface area contributed by atoms with Gasteiger partial charge >= 0.3 is 0 Å². The van der Waals surface area contributed by atoms with Gasteiger partial charge in [-0.05, 0) is 61.4 Å². The van der Waals surface area contributed by atoms with Crippen LogP contribution < -0.4 is 10.2 Å². The van der Waals surface area contributed by atoms with Crippen LogP contribution in [0.4, 0.5) is 0 Å². The molecule has 3 rings (SSSR count). The van der Waals surface area contributed by atoms with Gasteiger partial charge in [0.05, 0.1) is 6.21 Å². The summed E-state index contributed by atoms with van der Waals surface area (Å²) < 4.78 is 12.2. The third kappa shape index (κ3) is 5.31. The minimum atomic E-state index is -0.343. The van der Waals surface area contributed by atoms with Gasteiger partial charge in [-0.3, -0.25) is 4.79 Å². The number of nitrogens with one attached hydrogen (secondary N) is 1. The van der Waals surface area contributed by atoms with E-state index in [2.05, 4.69) is 26.5 Å². The van der Waals surface area contributed by atoms with E-state index in [0.717, 1.165) is 21.4 Å². The Bertz CT molecular complexity index is 962. The fourth-order valence-electron chi connectivity index (χ4n) is 2.34. The molecule has 0 unspecified atom stereocenters. The zero-order valence-corrected chi connectivity index (χ0v) is 16.6. The molecule has 0 atom stereocenters. The third-order valence-corrected chi connectivity index (χ3v) is 4.51. The molecule has 0 fully saturated rings. The number of aryl methyl sites for hydroxylation is 2. The van der Waals surface area contributed by atoms with Crippen molar-refractivity contribution in [1.82, 2.24) is 5.43 Å². The van der Waals surface area contributed by atoms with Crippen LogP contribution in [0.1, 0.15) is 16.9 Å². The maximum absolute atomic E-state index is 11.8. The van der Waals surface area contributed by atoms with E-state index >= 15 is 0 Å². The normalized spacial score (nSPS) is 10.9. The average Bonchev–Trinajstić information content (AvgIpc) is 3.12. The molecule has 1 N–H and O–H groups in total. The number of carbonyl (C=O) groups excluding carboxylic acids is 1. The smallest absolute Gasteiger partial charge is 0.277 e. The van der Waals surface area contributed by atoms with Crippen LogP contribution in [0.15, 0.2) is 68.6 Å². The third-order valence-electron chi connectivity index (χ3n) is 3.98. The van der Waals surface area contributed by atoms with Crippen LogP contribution in [0, 0.1) is 13.8 Å². The molecule has 1 amide bonds. The van der Waals surface area contributed by atoms with Gasteiger partial charge < -0.3 is 9.15 Å². The van der Waals surface area contributed by atoms with E-state index in [1.54, 1.807) is 6.07 Å². The number of hydrazone groups is 1. The highest BCUT2D eigenvalue weighted by atomic mass is 79.9. The number of carbonyl (C=O) groups is 1. The van der Waals surface area contributed by atoms with E-state index in [0.29, 0.717) is 11.5 Å². The lowest BCUT2D eigenvalue weighted by molar-refractivity contribution is -0.123. The molecule has 27 heavy (non-hydrogen) atoms. The summed E-state index contributed by atoms with van der Waals surface area (Å²) in [4.78, 5) is 11.8. The van der Waals surface area contributed by atoms with Crippen molar-refractivity contribution in [1.29, 1.82) is 0 Å². The first-order valence-electron chi connectivity index (χ1n) is 8.39. The molecule has 2 aromatic carbocycles. The second-order valence-electron chi connectivity index (χ2n) is 6.04. The highest BCUT2D eigenvalue weighted by molar-refractivity contribution is 9.10. The fourth-order valence-corrected chi connectivity index (χ4v) is 2.61. The first kappa shape index (κ1) is 18.9. The number of ether oxygens (including phenoxy) is 1. The molecule has 0 spiro atoms. The molecule has 1 heterocycles. The van der Waals surface area contributed by atoms with Crippen LogP contribution in [-0.4, -0.2) is 18.7 Å². The number of amides is 1. The standard InChI is InChI=1S/C21H19BrN2O3/c1-14-3-8-18(11-15(14)2)26-13-21(25)24-23-12-19-9-10-20(27-19)16-4-6-17(22)7-5-16/h3-12H,13H2,1-2H3,(H,24,25). The second kappa shape index (κ2) is 8.68. The van der Waals surface area contributed by atoms with Crippen molar-refractivity contribution in [3.05, 3.63) is 76.0 Å². The number of halogens is 1. The van der Waals surface area contributed by atoms with E-state index in [-0.39, 0.29) is 12.5 Å². The molecule has 138 valence electrons. The van der Waals surface area contributed by atoms with Gasteiger partial charge in [-0.1, -0.05) is 34.1 Å². The second-order valence-corrected chi connectivity index (χ2v) is 6.95. The zero-order chi connectivity index (χ0) is 19.2. The van der Waals surface area contributed by atoms with Crippen molar-refractivity contribution in [2.75, 3.05) is 6.61 Å². The van der Waals surface area contributed by atoms with E-state index in [4.69, 9.17) is 9.15 Å². The summed E-state index contributed by atoms with van der Waals surface area (Å²) in [7, 11) is 0. The minimum absolute atomic E-state index is 0.109. The van der Waals surface area contributed by atoms with Crippen LogP contribution in [-0.2, 0) is 4.79 Å². The Labute approximate surface area is 166 Å². The van der Waals surface area contributed by atoms with Gasteiger partial charge in [0.25, 0.3) is 5.91 Å². The van der Waals surface area contributed by atoms with Crippen LogP contribution in [0.2, 0.25) is 0 Å². The zero-order valence-electron chi connectivity index (χ0n) is 15.0. The number of rotatable bonds is 6.